The molecule has 3 N–H and O–H groups in total. The lowest BCUT2D eigenvalue weighted by Crippen LogP contribution is -2.08. The summed E-state index contributed by atoms with van der Waals surface area (Å²) >= 11 is 0. The molecule has 0 aliphatic heterocycles. The van der Waals surface area contributed by atoms with E-state index in [2.05, 4.69) is 27.2 Å². The number of nitrogens with zero attached hydrogens (tertiary/aromatic N) is 3. The Morgan fingerprint density at radius 2 is 2.20 bits per heavy atom. The lowest BCUT2D eigenvalue weighted by molar-refractivity contribution is 0.300. The van der Waals surface area contributed by atoms with E-state index in [1.807, 2.05) is 18.2 Å². The SMILES string of the molecule is CCCCNc1nc(N)ncc1OCc1ccccn1. The van der Waals surface area contributed by atoms with E-state index < -0.39 is 0 Å². The summed E-state index contributed by atoms with van der Waals surface area (Å²) in [6.45, 7) is 3.33. The molecule has 2 rings (SSSR count). The van der Waals surface area contributed by atoms with Crippen molar-refractivity contribution in [1.29, 1.82) is 0 Å². The van der Waals surface area contributed by atoms with Gasteiger partial charge in [0.2, 0.25) is 5.95 Å². The molecule has 6 heteroatoms. The molecule has 0 amide bonds. The van der Waals surface area contributed by atoms with Crippen molar-refractivity contribution in [2.24, 2.45) is 0 Å². The van der Waals surface area contributed by atoms with E-state index in [4.69, 9.17) is 10.5 Å². The molecule has 2 aromatic heterocycles. The third-order valence-corrected chi connectivity index (χ3v) is 2.70. The van der Waals surface area contributed by atoms with Crippen molar-refractivity contribution in [1.82, 2.24) is 15.0 Å². The molecule has 0 aliphatic carbocycles. The van der Waals surface area contributed by atoms with Crippen molar-refractivity contribution in [3.8, 4) is 5.75 Å². The molecule has 0 fully saturated rings. The first-order chi connectivity index (χ1) is 9.79. The van der Waals surface area contributed by atoms with Gasteiger partial charge in [0, 0.05) is 12.7 Å². The zero-order valence-electron chi connectivity index (χ0n) is 11.5. The molecular weight excluding hydrogens is 254 g/mol. The van der Waals surface area contributed by atoms with Crippen molar-refractivity contribution < 1.29 is 4.74 Å². The highest BCUT2D eigenvalue weighted by Crippen LogP contribution is 2.22. The normalized spacial score (nSPS) is 10.2. The van der Waals surface area contributed by atoms with Crippen molar-refractivity contribution in [2.75, 3.05) is 17.6 Å². The first kappa shape index (κ1) is 14.0. The fraction of sp³-hybridized carbons (Fsp3) is 0.357. The minimum atomic E-state index is 0.231. The van der Waals surface area contributed by atoms with E-state index in [1.54, 1.807) is 12.4 Å². The van der Waals surface area contributed by atoms with Crippen molar-refractivity contribution in [3.63, 3.8) is 0 Å². The number of hydrogen-bond acceptors (Lipinski definition) is 6. The summed E-state index contributed by atoms with van der Waals surface area (Å²) in [5, 5.41) is 3.21. The minimum Gasteiger partial charge on any atom is -0.482 e. The highest BCUT2D eigenvalue weighted by Gasteiger charge is 2.07. The van der Waals surface area contributed by atoms with Crippen LogP contribution in [0.5, 0.6) is 5.75 Å². The number of aromatic nitrogens is 3. The fourth-order valence-corrected chi connectivity index (χ4v) is 1.64. The summed E-state index contributed by atoms with van der Waals surface area (Å²) in [6, 6.07) is 5.70. The number of nitrogens with one attached hydrogen (secondary N) is 1. The van der Waals surface area contributed by atoms with Gasteiger partial charge in [0.25, 0.3) is 0 Å². The van der Waals surface area contributed by atoms with E-state index in [-0.39, 0.29) is 5.95 Å². The van der Waals surface area contributed by atoms with E-state index in [9.17, 15) is 0 Å². The van der Waals surface area contributed by atoms with Gasteiger partial charge in [0.15, 0.2) is 11.6 Å². The molecule has 106 valence electrons. The number of hydrogen-bond donors (Lipinski definition) is 2. The number of pyridine rings is 1. The van der Waals surface area contributed by atoms with Gasteiger partial charge in [-0.15, -0.1) is 0 Å². The molecule has 2 heterocycles. The van der Waals surface area contributed by atoms with Crippen LogP contribution in [0.1, 0.15) is 25.5 Å². The van der Waals surface area contributed by atoms with Gasteiger partial charge in [-0.1, -0.05) is 19.4 Å². The number of nitrogens with two attached hydrogens (primary N) is 1. The van der Waals surface area contributed by atoms with Gasteiger partial charge in [0.1, 0.15) is 6.61 Å². The summed E-state index contributed by atoms with van der Waals surface area (Å²) in [6.07, 6.45) is 5.49. The Bertz CT molecular complexity index is 532. The Morgan fingerprint density at radius 1 is 1.30 bits per heavy atom. The molecule has 20 heavy (non-hydrogen) atoms. The third kappa shape index (κ3) is 4.08. The van der Waals surface area contributed by atoms with Crippen molar-refractivity contribution in [3.05, 3.63) is 36.3 Å². The number of rotatable bonds is 7. The standard InChI is InChI=1S/C14H19N5O/c1-2-3-7-17-13-12(9-18-14(15)19-13)20-10-11-6-4-5-8-16-11/h4-6,8-9H,2-3,7,10H2,1H3,(H3,15,17,18,19). The number of ether oxygens (including phenoxy) is 1. The topological polar surface area (TPSA) is 86.0 Å². The van der Waals surface area contributed by atoms with Gasteiger partial charge >= 0.3 is 0 Å². The van der Waals surface area contributed by atoms with Crippen LogP contribution in [0, 0.1) is 0 Å². The summed E-state index contributed by atoms with van der Waals surface area (Å²) < 4.78 is 5.70. The zero-order valence-corrected chi connectivity index (χ0v) is 11.5. The lowest BCUT2D eigenvalue weighted by atomic mass is 10.3. The first-order valence-electron chi connectivity index (χ1n) is 6.68. The van der Waals surface area contributed by atoms with Crippen LogP contribution < -0.4 is 15.8 Å². The molecule has 0 aromatic carbocycles. The van der Waals surface area contributed by atoms with Crippen LogP contribution in [-0.4, -0.2) is 21.5 Å². The zero-order chi connectivity index (χ0) is 14.2. The fourth-order valence-electron chi connectivity index (χ4n) is 1.64. The van der Waals surface area contributed by atoms with Crippen molar-refractivity contribution >= 4 is 11.8 Å². The van der Waals surface area contributed by atoms with Gasteiger partial charge in [-0.2, -0.15) is 4.98 Å². The molecule has 2 aromatic rings. The predicted molar refractivity (Wildman–Crippen MR) is 78.4 cm³/mol. The van der Waals surface area contributed by atoms with Gasteiger partial charge in [-0.25, -0.2) is 4.98 Å². The van der Waals surface area contributed by atoms with E-state index in [0.717, 1.165) is 25.1 Å². The number of nitrogen functional groups attached to an aromatic ring is 1. The highest BCUT2D eigenvalue weighted by atomic mass is 16.5. The maximum absolute atomic E-state index is 5.70. The average molecular weight is 273 g/mol. The Balaban J connectivity index is 2.02. The van der Waals surface area contributed by atoms with Gasteiger partial charge in [0.05, 0.1) is 11.9 Å². The van der Waals surface area contributed by atoms with Crippen LogP contribution in [-0.2, 0) is 6.61 Å². The molecule has 0 atom stereocenters. The van der Waals surface area contributed by atoms with Crippen LogP contribution in [0.2, 0.25) is 0 Å². The molecule has 0 spiro atoms. The Labute approximate surface area is 118 Å². The summed E-state index contributed by atoms with van der Waals surface area (Å²) in [5.74, 6) is 1.44. The maximum Gasteiger partial charge on any atom is 0.222 e. The van der Waals surface area contributed by atoms with Crippen LogP contribution in [0.3, 0.4) is 0 Å². The largest absolute Gasteiger partial charge is 0.482 e. The molecule has 0 unspecified atom stereocenters. The minimum absolute atomic E-state index is 0.231. The smallest absolute Gasteiger partial charge is 0.222 e. The second-order valence-corrected chi connectivity index (χ2v) is 4.33. The number of anilines is 2. The predicted octanol–water partition coefficient (Wildman–Crippen LogP) is 2.24. The second-order valence-electron chi connectivity index (χ2n) is 4.33. The summed E-state index contributed by atoms with van der Waals surface area (Å²) in [7, 11) is 0. The molecule has 0 aliphatic rings. The Hall–Kier alpha value is -2.37. The molecule has 0 saturated carbocycles. The van der Waals surface area contributed by atoms with Crippen LogP contribution in [0.15, 0.2) is 30.6 Å². The molecule has 0 bridgehead atoms. The highest BCUT2D eigenvalue weighted by molar-refractivity contribution is 5.51. The lowest BCUT2D eigenvalue weighted by Gasteiger charge is -2.11. The summed E-state index contributed by atoms with van der Waals surface area (Å²) in [5.41, 5.74) is 6.46. The molecule has 0 radical (unpaired) electrons. The van der Waals surface area contributed by atoms with Gasteiger partial charge in [-0.05, 0) is 18.6 Å². The Kier molecular flexibility index (Phi) is 5.11. The molecular formula is C14H19N5O. The van der Waals surface area contributed by atoms with Crippen LogP contribution in [0.4, 0.5) is 11.8 Å². The third-order valence-electron chi connectivity index (χ3n) is 2.70. The van der Waals surface area contributed by atoms with E-state index in [0.29, 0.717) is 18.2 Å². The quantitative estimate of drug-likeness (QED) is 0.752. The first-order valence-corrected chi connectivity index (χ1v) is 6.68. The van der Waals surface area contributed by atoms with E-state index >= 15 is 0 Å². The monoisotopic (exact) mass is 273 g/mol. The summed E-state index contributed by atoms with van der Waals surface area (Å²) in [4.78, 5) is 12.3. The van der Waals surface area contributed by atoms with Crippen LogP contribution in [0.25, 0.3) is 0 Å². The van der Waals surface area contributed by atoms with E-state index in [1.165, 1.54) is 0 Å². The van der Waals surface area contributed by atoms with Gasteiger partial charge in [-0.3, -0.25) is 4.98 Å². The van der Waals surface area contributed by atoms with Crippen LogP contribution >= 0.6 is 0 Å². The molecule has 6 nitrogen and oxygen atoms in total. The number of unbranched alkanes of at least 4 members (excludes halogenated alkanes) is 1. The molecule has 0 saturated heterocycles. The van der Waals surface area contributed by atoms with Gasteiger partial charge < -0.3 is 15.8 Å². The maximum atomic E-state index is 5.70. The van der Waals surface area contributed by atoms with Crippen molar-refractivity contribution in [2.45, 2.75) is 26.4 Å². The Morgan fingerprint density at radius 3 is 2.95 bits per heavy atom. The average Bonchev–Trinajstić information content (AvgIpc) is 2.48. The second kappa shape index (κ2) is 7.28.